The molecule has 9 heteroatoms. The summed E-state index contributed by atoms with van der Waals surface area (Å²) in [6, 6.07) is 8.88. The van der Waals surface area contributed by atoms with Crippen molar-refractivity contribution in [3.63, 3.8) is 0 Å². The SMILES string of the molecule is C[C@H](Nc1cnc2cn[nH]c2n1)c1cccc(NC(=O)c2cncc(C(C)(C)F)c2)c1. The van der Waals surface area contributed by atoms with E-state index in [9.17, 15) is 9.18 Å². The van der Waals surface area contributed by atoms with E-state index in [1.54, 1.807) is 18.5 Å². The summed E-state index contributed by atoms with van der Waals surface area (Å²) in [4.78, 5) is 25.4. The largest absolute Gasteiger partial charge is 0.362 e. The minimum atomic E-state index is -1.58. The van der Waals surface area contributed by atoms with Crippen molar-refractivity contribution in [2.45, 2.75) is 32.5 Å². The normalized spacial score (nSPS) is 12.5. The van der Waals surface area contributed by atoms with Crippen LogP contribution in [-0.2, 0) is 5.67 Å². The van der Waals surface area contributed by atoms with E-state index in [-0.39, 0.29) is 11.9 Å². The van der Waals surface area contributed by atoms with Gasteiger partial charge in [0, 0.05) is 23.6 Å². The molecule has 8 nitrogen and oxygen atoms in total. The lowest BCUT2D eigenvalue weighted by atomic mass is 10.0. The topological polar surface area (TPSA) is 108 Å². The first-order chi connectivity index (χ1) is 14.8. The first-order valence-electron chi connectivity index (χ1n) is 9.78. The molecule has 0 fully saturated rings. The molecule has 1 aromatic carbocycles. The predicted octanol–water partition coefficient (Wildman–Crippen LogP) is 4.38. The molecule has 0 saturated heterocycles. The molecule has 0 radical (unpaired) electrons. The van der Waals surface area contributed by atoms with Crippen LogP contribution in [0.4, 0.5) is 15.9 Å². The minimum Gasteiger partial charge on any atom is -0.362 e. The molecule has 31 heavy (non-hydrogen) atoms. The molecular weight excluding hydrogens is 397 g/mol. The van der Waals surface area contributed by atoms with Crippen LogP contribution in [0.5, 0.6) is 0 Å². The lowest BCUT2D eigenvalue weighted by Gasteiger charge is -2.16. The van der Waals surface area contributed by atoms with Crippen LogP contribution >= 0.6 is 0 Å². The summed E-state index contributed by atoms with van der Waals surface area (Å²) < 4.78 is 14.2. The second-order valence-electron chi connectivity index (χ2n) is 7.74. The monoisotopic (exact) mass is 419 g/mol. The first kappa shape index (κ1) is 20.4. The third-order valence-corrected chi connectivity index (χ3v) is 4.85. The Hall–Kier alpha value is -3.88. The van der Waals surface area contributed by atoms with Crippen LogP contribution in [-0.4, -0.2) is 31.1 Å². The van der Waals surface area contributed by atoms with Gasteiger partial charge < -0.3 is 10.6 Å². The fraction of sp³-hybridized carbons (Fsp3) is 0.227. The molecule has 4 aromatic rings. The van der Waals surface area contributed by atoms with Crippen LogP contribution in [0.2, 0.25) is 0 Å². The van der Waals surface area contributed by atoms with E-state index in [2.05, 4.69) is 35.8 Å². The standard InChI is InChI=1S/C22H22FN7O/c1-13(27-19-12-25-18-11-26-30-20(18)29-19)14-5-4-6-17(8-14)28-21(31)15-7-16(10-24-9-15)22(2,3)23/h4-13H,1-3H3,(H,28,31)(H2,26,27,29,30)/t13-/m0/s1. The molecule has 3 N–H and O–H groups in total. The number of hydrogen-bond acceptors (Lipinski definition) is 6. The van der Waals surface area contributed by atoms with Crippen LogP contribution in [0.25, 0.3) is 11.2 Å². The Labute approximate surface area is 178 Å². The van der Waals surface area contributed by atoms with Gasteiger partial charge in [-0.25, -0.2) is 14.4 Å². The molecule has 0 unspecified atom stereocenters. The maximum atomic E-state index is 14.2. The van der Waals surface area contributed by atoms with Gasteiger partial charge in [-0.05, 0) is 44.5 Å². The number of hydrogen-bond donors (Lipinski definition) is 3. The van der Waals surface area contributed by atoms with E-state index < -0.39 is 5.67 Å². The van der Waals surface area contributed by atoms with Gasteiger partial charge in [0.05, 0.1) is 24.0 Å². The number of anilines is 2. The van der Waals surface area contributed by atoms with E-state index in [1.165, 1.54) is 32.3 Å². The highest BCUT2D eigenvalue weighted by Gasteiger charge is 2.21. The summed E-state index contributed by atoms with van der Waals surface area (Å²) in [5.74, 6) is 0.252. The minimum absolute atomic E-state index is 0.0937. The Bertz CT molecular complexity index is 1230. The van der Waals surface area contributed by atoms with Gasteiger partial charge in [-0.2, -0.15) is 5.10 Å². The second kappa shape index (κ2) is 8.10. The Morgan fingerprint density at radius 1 is 1.16 bits per heavy atom. The molecule has 0 spiro atoms. The van der Waals surface area contributed by atoms with Crippen LogP contribution in [0, 0.1) is 0 Å². The van der Waals surface area contributed by atoms with Crippen LogP contribution in [0.3, 0.4) is 0 Å². The molecular formula is C22H22FN7O. The molecule has 0 bridgehead atoms. The van der Waals surface area contributed by atoms with Gasteiger partial charge in [-0.15, -0.1) is 0 Å². The van der Waals surface area contributed by atoms with Gasteiger partial charge in [-0.1, -0.05) is 12.1 Å². The molecule has 0 aliphatic heterocycles. The van der Waals surface area contributed by atoms with E-state index in [4.69, 9.17) is 0 Å². The van der Waals surface area contributed by atoms with Crippen molar-refractivity contribution in [3.8, 4) is 0 Å². The number of amides is 1. The highest BCUT2D eigenvalue weighted by atomic mass is 19.1. The van der Waals surface area contributed by atoms with Crippen LogP contribution < -0.4 is 10.6 Å². The Balaban J connectivity index is 1.48. The summed E-state index contributed by atoms with van der Waals surface area (Å²) in [5, 5.41) is 12.8. The van der Waals surface area contributed by atoms with Crippen molar-refractivity contribution in [1.29, 1.82) is 0 Å². The number of rotatable bonds is 6. The zero-order valence-corrected chi connectivity index (χ0v) is 17.3. The molecule has 0 aliphatic carbocycles. The fourth-order valence-corrected chi connectivity index (χ4v) is 3.08. The van der Waals surface area contributed by atoms with E-state index in [0.717, 1.165) is 5.56 Å². The maximum Gasteiger partial charge on any atom is 0.257 e. The van der Waals surface area contributed by atoms with Gasteiger partial charge in [0.25, 0.3) is 5.91 Å². The second-order valence-corrected chi connectivity index (χ2v) is 7.74. The molecule has 1 amide bonds. The maximum absolute atomic E-state index is 14.2. The van der Waals surface area contributed by atoms with Crippen molar-refractivity contribution in [2.75, 3.05) is 10.6 Å². The number of aromatic nitrogens is 5. The molecule has 0 aliphatic rings. The summed E-state index contributed by atoms with van der Waals surface area (Å²) in [6.45, 7) is 4.84. The number of fused-ring (bicyclic) bond motifs is 1. The smallest absolute Gasteiger partial charge is 0.257 e. The quantitative estimate of drug-likeness (QED) is 0.428. The number of halogens is 1. The van der Waals surface area contributed by atoms with Gasteiger partial charge in [0.2, 0.25) is 0 Å². The number of pyridine rings is 1. The van der Waals surface area contributed by atoms with Gasteiger partial charge >= 0.3 is 0 Å². The molecule has 4 rings (SSSR count). The Morgan fingerprint density at radius 3 is 2.81 bits per heavy atom. The molecule has 1 atom stereocenters. The summed E-state index contributed by atoms with van der Waals surface area (Å²) in [5.41, 5.74) is 1.93. The van der Waals surface area contributed by atoms with E-state index >= 15 is 0 Å². The lowest BCUT2D eigenvalue weighted by Crippen LogP contribution is -2.16. The van der Waals surface area contributed by atoms with Gasteiger partial charge in [0.15, 0.2) is 5.65 Å². The highest BCUT2D eigenvalue weighted by molar-refractivity contribution is 6.04. The zero-order valence-electron chi connectivity index (χ0n) is 17.3. The summed E-state index contributed by atoms with van der Waals surface area (Å²) >= 11 is 0. The third kappa shape index (κ3) is 4.66. The van der Waals surface area contributed by atoms with Crippen molar-refractivity contribution in [1.82, 2.24) is 25.1 Å². The highest BCUT2D eigenvalue weighted by Crippen LogP contribution is 2.25. The van der Waals surface area contributed by atoms with Crippen LogP contribution in [0.1, 0.15) is 48.3 Å². The molecule has 3 aromatic heterocycles. The molecule has 3 heterocycles. The predicted molar refractivity (Wildman–Crippen MR) is 116 cm³/mol. The van der Waals surface area contributed by atoms with Gasteiger partial charge in [0.1, 0.15) is 17.0 Å². The third-order valence-electron chi connectivity index (χ3n) is 4.85. The van der Waals surface area contributed by atoms with Gasteiger partial charge in [-0.3, -0.25) is 14.9 Å². The van der Waals surface area contributed by atoms with Crippen LogP contribution in [0.15, 0.2) is 55.1 Å². The molecule has 158 valence electrons. The Morgan fingerprint density at radius 2 is 2.00 bits per heavy atom. The zero-order chi connectivity index (χ0) is 22.0. The fourth-order valence-electron chi connectivity index (χ4n) is 3.08. The number of H-pyrrole nitrogens is 1. The summed E-state index contributed by atoms with van der Waals surface area (Å²) in [7, 11) is 0. The Kier molecular flexibility index (Phi) is 5.33. The molecule has 0 saturated carbocycles. The van der Waals surface area contributed by atoms with Crippen molar-refractivity contribution < 1.29 is 9.18 Å². The van der Waals surface area contributed by atoms with Crippen molar-refractivity contribution >= 4 is 28.6 Å². The van der Waals surface area contributed by atoms with E-state index in [1.807, 2.05) is 25.1 Å². The average Bonchev–Trinajstić information content (AvgIpc) is 3.21. The lowest BCUT2D eigenvalue weighted by molar-refractivity contribution is 0.102. The summed E-state index contributed by atoms with van der Waals surface area (Å²) in [6.07, 6.45) is 6.10. The number of alkyl halides is 1. The number of carbonyl (C=O) groups excluding carboxylic acids is 1. The average molecular weight is 419 g/mol. The van der Waals surface area contributed by atoms with Crippen molar-refractivity contribution in [2.24, 2.45) is 0 Å². The number of carbonyl (C=O) groups is 1. The number of benzene rings is 1. The van der Waals surface area contributed by atoms with E-state index in [0.29, 0.717) is 33.8 Å². The number of nitrogens with zero attached hydrogens (tertiary/aromatic N) is 4. The number of aromatic amines is 1. The van der Waals surface area contributed by atoms with Crippen molar-refractivity contribution in [3.05, 3.63) is 71.8 Å². The first-order valence-corrected chi connectivity index (χ1v) is 9.78. The number of nitrogens with one attached hydrogen (secondary N) is 3.